The van der Waals surface area contributed by atoms with Gasteiger partial charge in [-0.3, -0.25) is 4.90 Å². The number of nitrogens with zero attached hydrogens (tertiary/aromatic N) is 1. The Kier molecular flexibility index (Phi) is 4.95. The van der Waals surface area contributed by atoms with Gasteiger partial charge in [0, 0.05) is 31.2 Å². The average molecular weight is 293 g/mol. The van der Waals surface area contributed by atoms with E-state index < -0.39 is 0 Å². The molecule has 1 saturated heterocycles. The van der Waals surface area contributed by atoms with Gasteiger partial charge in [-0.2, -0.15) is 0 Å². The second-order valence-electron chi connectivity index (χ2n) is 8.36. The summed E-state index contributed by atoms with van der Waals surface area (Å²) < 4.78 is 0. The standard InChI is InChI=1S/C19H36N2/c1-4-15-6-8-16(9-7-15)13-21-14-19(3,17-10-11-17)20-12-18(21)5-2/h15-18,20H,4-14H2,1-3H3. The molecule has 2 unspecified atom stereocenters. The molecule has 1 N–H and O–H groups in total. The lowest BCUT2D eigenvalue weighted by molar-refractivity contribution is 0.0505. The molecule has 0 aromatic carbocycles. The Hall–Kier alpha value is -0.0800. The molecule has 2 heteroatoms. The minimum Gasteiger partial charge on any atom is -0.308 e. The van der Waals surface area contributed by atoms with Gasteiger partial charge in [0.2, 0.25) is 0 Å². The maximum atomic E-state index is 3.90. The predicted octanol–water partition coefficient (Wildman–Crippen LogP) is 4.06. The number of piperazine rings is 1. The fraction of sp³-hybridized carbons (Fsp3) is 1.00. The van der Waals surface area contributed by atoms with Crippen LogP contribution in [0.3, 0.4) is 0 Å². The molecule has 122 valence electrons. The van der Waals surface area contributed by atoms with Crippen molar-refractivity contribution in [1.29, 1.82) is 0 Å². The Labute approximate surface area is 132 Å². The van der Waals surface area contributed by atoms with E-state index >= 15 is 0 Å². The first-order valence-electron chi connectivity index (χ1n) is 9.63. The van der Waals surface area contributed by atoms with Crippen molar-refractivity contribution in [1.82, 2.24) is 10.2 Å². The van der Waals surface area contributed by atoms with Gasteiger partial charge in [-0.25, -0.2) is 0 Å². The summed E-state index contributed by atoms with van der Waals surface area (Å²) >= 11 is 0. The summed E-state index contributed by atoms with van der Waals surface area (Å²) in [6, 6.07) is 0.778. The fourth-order valence-electron chi connectivity index (χ4n) is 4.85. The van der Waals surface area contributed by atoms with Crippen LogP contribution >= 0.6 is 0 Å². The quantitative estimate of drug-likeness (QED) is 0.822. The Balaban J connectivity index is 1.56. The van der Waals surface area contributed by atoms with E-state index in [4.69, 9.17) is 0 Å². The lowest BCUT2D eigenvalue weighted by Crippen LogP contribution is -2.64. The number of hydrogen-bond acceptors (Lipinski definition) is 2. The lowest BCUT2D eigenvalue weighted by atomic mass is 9.80. The highest BCUT2D eigenvalue weighted by molar-refractivity contribution is 5.04. The van der Waals surface area contributed by atoms with Gasteiger partial charge < -0.3 is 5.32 Å². The highest BCUT2D eigenvalue weighted by Gasteiger charge is 2.45. The molecule has 21 heavy (non-hydrogen) atoms. The predicted molar refractivity (Wildman–Crippen MR) is 90.5 cm³/mol. The molecule has 3 rings (SSSR count). The minimum atomic E-state index is 0.409. The zero-order valence-corrected chi connectivity index (χ0v) is 14.5. The molecular formula is C19H36N2. The van der Waals surface area contributed by atoms with Gasteiger partial charge in [0.05, 0.1) is 0 Å². The van der Waals surface area contributed by atoms with E-state index in [-0.39, 0.29) is 0 Å². The Morgan fingerprint density at radius 2 is 1.62 bits per heavy atom. The summed E-state index contributed by atoms with van der Waals surface area (Å²) in [5, 5.41) is 3.90. The van der Waals surface area contributed by atoms with Gasteiger partial charge in [0.15, 0.2) is 0 Å². The molecule has 2 nitrogen and oxygen atoms in total. The van der Waals surface area contributed by atoms with Crippen molar-refractivity contribution in [2.45, 2.75) is 83.7 Å². The first-order chi connectivity index (χ1) is 10.1. The van der Waals surface area contributed by atoms with Gasteiger partial charge in [0.1, 0.15) is 0 Å². The highest BCUT2D eigenvalue weighted by Crippen LogP contribution is 2.42. The van der Waals surface area contributed by atoms with Crippen LogP contribution in [0.25, 0.3) is 0 Å². The molecule has 0 spiro atoms. The van der Waals surface area contributed by atoms with Crippen LogP contribution in [-0.4, -0.2) is 36.1 Å². The van der Waals surface area contributed by atoms with Crippen molar-refractivity contribution < 1.29 is 0 Å². The second kappa shape index (κ2) is 6.58. The largest absolute Gasteiger partial charge is 0.308 e. The van der Waals surface area contributed by atoms with E-state index in [0.717, 1.165) is 23.8 Å². The second-order valence-corrected chi connectivity index (χ2v) is 8.36. The van der Waals surface area contributed by atoms with Crippen LogP contribution in [0.4, 0.5) is 0 Å². The number of nitrogens with one attached hydrogen (secondary N) is 1. The lowest BCUT2D eigenvalue weighted by Gasteiger charge is -2.48. The normalized spacial score (nSPS) is 42.1. The van der Waals surface area contributed by atoms with Gasteiger partial charge in [-0.15, -0.1) is 0 Å². The monoisotopic (exact) mass is 292 g/mol. The van der Waals surface area contributed by atoms with Crippen molar-refractivity contribution >= 4 is 0 Å². The molecule has 1 heterocycles. The topological polar surface area (TPSA) is 15.3 Å². The van der Waals surface area contributed by atoms with Gasteiger partial charge in [0.25, 0.3) is 0 Å². The molecule has 2 saturated carbocycles. The molecule has 0 aromatic heterocycles. The zero-order chi connectivity index (χ0) is 14.9. The van der Waals surface area contributed by atoms with E-state index in [9.17, 15) is 0 Å². The Bertz CT molecular complexity index is 330. The maximum Gasteiger partial charge on any atom is 0.0309 e. The number of rotatable bonds is 5. The third-order valence-corrected chi connectivity index (χ3v) is 6.78. The highest BCUT2D eigenvalue weighted by atomic mass is 15.3. The van der Waals surface area contributed by atoms with Crippen molar-refractivity contribution in [3.8, 4) is 0 Å². The van der Waals surface area contributed by atoms with Crippen molar-refractivity contribution in [3.05, 3.63) is 0 Å². The summed E-state index contributed by atoms with van der Waals surface area (Å²) in [5.74, 6) is 2.96. The zero-order valence-electron chi connectivity index (χ0n) is 14.5. The van der Waals surface area contributed by atoms with Crippen LogP contribution in [0.1, 0.15) is 72.1 Å². The summed E-state index contributed by atoms with van der Waals surface area (Å²) in [5.41, 5.74) is 0.409. The van der Waals surface area contributed by atoms with Gasteiger partial charge in [-0.1, -0.05) is 33.1 Å². The van der Waals surface area contributed by atoms with Crippen LogP contribution in [-0.2, 0) is 0 Å². The molecular weight excluding hydrogens is 256 g/mol. The summed E-state index contributed by atoms with van der Waals surface area (Å²) in [7, 11) is 0. The van der Waals surface area contributed by atoms with Crippen molar-refractivity contribution in [2.75, 3.05) is 19.6 Å². The molecule has 0 amide bonds. The van der Waals surface area contributed by atoms with Crippen LogP contribution in [0.2, 0.25) is 0 Å². The maximum absolute atomic E-state index is 3.90. The molecule has 1 aliphatic heterocycles. The molecule has 2 aliphatic carbocycles. The van der Waals surface area contributed by atoms with Gasteiger partial charge in [-0.05, 0) is 56.8 Å². The SMILES string of the molecule is CCC1CCC(CN2CC(C)(C3CC3)NCC2CC)CC1. The molecule has 3 fully saturated rings. The Morgan fingerprint density at radius 1 is 0.952 bits per heavy atom. The summed E-state index contributed by atoms with van der Waals surface area (Å²) in [4.78, 5) is 2.87. The van der Waals surface area contributed by atoms with E-state index in [2.05, 4.69) is 31.0 Å². The van der Waals surface area contributed by atoms with E-state index in [1.54, 1.807) is 0 Å². The average Bonchev–Trinajstić information content (AvgIpc) is 3.33. The minimum absolute atomic E-state index is 0.409. The molecule has 2 atom stereocenters. The van der Waals surface area contributed by atoms with E-state index in [0.29, 0.717) is 5.54 Å². The summed E-state index contributed by atoms with van der Waals surface area (Å²) in [6.07, 6.45) is 11.6. The molecule has 0 bridgehead atoms. The molecule has 3 aliphatic rings. The van der Waals surface area contributed by atoms with Crippen LogP contribution < -0.4 is 5.32 Å². The third-order valence-electron chi connectivity index (χ3n) is 6.78. The van der Waals surface area contributed by atoms with Crippen molar-refractivity contribution in [2.24, 2.45) is 17.8 Å². The first-order valence-corrected chi connectivity index (χ1v) is 9.63. The van der Waals surface area contributed by atoms with Crippen LogP contribution in [0.15, 0.2) is 0 Å². The van der Waals surface area contributed by atoms with Gasteiger partial charge >= 0.3 is 0 Å². The van der Waals surface area contributed by atoms with Crippen LogP contribution in [0, 0.1) is 17.8 Å². The first kappa shape index (κ1) is 15.8. The third kappa shape index (κ3) is 3.64. The fourth-order valence-corrected chi connectivity index (χ4v) is 4.85. The Morgan fingerprint density at radius 3 is 2.19 bits per heavy atom. The molecule has 0 radical (unpaired) electrons. The smallest absolute Gasteiger partial charge is 0.0309 e. The summed E-state index contributed by atoms with van der Waals surface area (Å²) in [6.45, 7) is 11.1. The number of hydrogen-bond donors (Lipinski definition) is 1. The van der Waals surface area contributed by atoms with Crippen LogP contribution in [0.5, 0.6) is 0 Å². The molecule has 0 aromatic rings. The van der Waals surface area contributed by atoms with Crippen molar-refractivity contribution in [3.63, 3.8) is 0 Å². The van der Waals surface area contributed by atoms with E-state index in [1.807, 2.05) is 0 Å². The van der Waals surface area contributed by atoms with E-state index in [1.165, 1.54) is 71.0 Å².